The maximum absolute atomic E-state index is 13.6. The Bertz CT molecular complexity index is 494. The Morgan fingerprint density at radius 3 is 2.88 bits per heavy atom. The molecule has 0 fully saturated rings. The van der Waals surface area contributed by atoms with Crippen molar-refractivity contribution >= 4 is 0 Å². The Hall–Kier alpha value is -1.68. The number of aliphatic hydroxyl groups excluding tert-OH is 1. The van der Waals surface area contributed by atoms with Crippen LogP contribution in [0.4, 0.5) is 4.39 Å². The van der Waals surface area contributed by atoms with Gasteiger partial charge in [-0.1, -0.05) is 13.0 Å². The maximum atomic E-state index is 13.6. The molecule has 4 heteroatoms. The Balaban J connectivity index is 2.54. The largest absolute Gasteiger partial charge is 0.392 e. The molecule has 0 unspecified atom stereocenters. The third-order valence-corrected chi connectivity index (χ3v) is 2.50. The van der Waals surface area contributed by atoms with Crippen LogP contribution in [0.5, 0.6) is 0 Å². The van der Waals surface area contributed by atoms with Crippen LogP contribution >= 0.6 is 0 Å². The Morgan fingerprint density at radius 2 is 2.19 bits per heavy atom. The van der Waals surface area contributed by atoms with Gasteiger partial charge in [-0.15, -0.1) is 0 Å². The second-order valence-corrected chi connectivity index (χ2v) is 3.53. The highest BCUT2D eigenvalue weighted by atomic mass is 19.1. The van der Waals surface area contributed by atoms with Crippen LogP contribution in [0, 0.1) is 5.82 Å². The smallest absolute Gasteiger partial charge is 0.148 e. The van der Waals surface area contributed by atoms with Crippen molar-refractivity contribution in [2.45, 2.75) is 20.0 Å². The van der Waals surface area contributed by atoms with Crippen LogP contribution in [0.3, 0.4) is 0 Å². The van der Waals surface area contributed by atoms with Gasteiger partial charge in [-0.25, -0.2) is 9.07 Å². The summed E-state index contributed by atoms with van der Waals surface area (Å²) in [6, 6.07) is 6.38. The summed E-state index contributed by atoms with van der Waals surface area (Å²) in [5.74, 6) is -0.337. The summed E-state index contributed by atoms with van der Waals surface area (Å²) in [5, 5.41) is 13.1. The standard InChI is InChI=1S/C12H13FN2O/c1-2-10-5-6-14-15(10)12-7-9(8-16)3-4-11(12)13/h3-7,16H,2,8H2,1H3. The molecule has 0 radical (unpaired) electrons. The van der Waals surface area contributed by atoms with Crippen LogP contribution in [0.1, 0.15) is 18.2 Å². The van der Waals surface area contributed by atoms with Crippen molar-refractivity contribution in [2.75, 3.05) is 0 Å². The fraction of sp³-hybridized carbons (Fsp3) is 0.250. The zero-order chi connectivity index (χ0) is 11.5. The molecule has 0 aliphatic carbocycles. The number of nitrogens with zero attached hydrogens (tertiary/aromatic N) is 2. The van der Waals surface area contributed by atoms with E-state index in [0.717, 1.165) is 12.1 Å². The molecule has 0 saturated heterocycles. The van der Waals surface area contributed by atoms with Crippen LogP contribution in [-0.2, 0) is 13.0 Å². The van der Waals surface area contributed by atoms with Gasteiger partial charge in [0.2, 0.25) is 0 Å². The molecule has 0 atom stereocenters. The van der Waals surface area contributed by atoms with Crippen LogP contribution < -0.4 is 0 Å². The zero-order valence-corrected chi connectivity index (χ0v) is 9.02. The molecule has 2 rings (SSSR count). The highest BCUT2D eigenvalue weighted by Gasteiger charge is 2.09. The molecule has 1 aromatic carbocycles. The fourth-order valence-corrected chi connectivity index (χ4v) is 1.63. The van der Waals surface area contributed by atoms with Crippen molar-refractivity contribution in [2.24, 2.45) is 0 Å². The summed E-state index contributed by atoms with van der Waals surface area (Å²) in [7, 11) is 0. The van der Waals surface area contributed by atoms with Gasteiger partial charge in [-0.3, -0.25) is 0 Å². The molecule has 0 aliphatic rings. The van der Waals surface area contributed by atoms with Gasteiger partial charge >= 0.3 is 0 Å². The molecule has 0 aliphatic heterocycles. The number of aromatic nitrogens is 2. The maximum Gasteiger partial charge on any atom is 0.148 e. The minimum absolute atomic E-state index is 0.101. The predicted octanol–water partition coefficient (Wildman–Crippen LogP) is 2.07. The summed E-state index contributed by atoms with van der Waals surface area (Å²) in [6.45, 7) is 1.89. The summed E-state index contributed by atoms with van der Waals surface area (Å²) in [5.41, 5.74) is 2.00. The zero-order valence-electron chi connectivity index (χ0n) is 9.02. The minimum atomic E-state index is -0.337. The van der Waals surface area contributed by atoms with Gasteiger partial charge in [0.25, 0.3) is 0 Å². The number of hydrogen-bond acceptors (Lipinski definition) is 2. The lowest BCUT2D eigenvalue weighted by molar-refractivity contribution is 0.281. The van der Waals surface area contributed by atoms with Gasteiger partial charge in [0.15, 0.2) is 0 Å². The molecule has 0 amide bonds. The average molecular weight is 220 g/mol. The molecule has 1 aromatic heterocycles. The van der Waals surface area contributed by atoms with E-state index in [0.29, 0.717) is 11.3 Å². The number of rotatable bonds is 3. The lowest BCUT2D eigenvalue weighted by Crippen LogP contribution is -2.04. The van der Waals surface area contributed by atoms with Crippen molar-refractivity contribution in [3.8, 4) is 5.69 Å². The van der Waals surface area contributed by atoms with Gasteiger partial charge in [0.1, 0.15) is 11.5 Å². The van der Waals surface area contributed by atoms with Crippen LogP contribution in [0.2, 0.25) is 0 Å². The monoisotopic (exact) mass is 220 g/mol. The van der Waals surface area contributed by atoms with E-state index in [-0.39, 0.29) is 12.4 Å². The van der Waals surface area contributed by atoms with E-state index in [1.807, 2.05) is 13.0 Å². The summed E-state index contributed by atoms with van der Waals surface area (Å²) < 4.78 is 15.2. The second kappa shape index (κ2) is 4.45. The van der Waals surface area contributed by atoms with E-state index in [4.69, 9.17) is 5.11 Å². The van der Waals surface area contributed by atoms with Crippen molar-refractivity contribution in [3.63, 3.8) is 0 Å². The second-order valence-electron chi connectivity index (χ2n) is 3.53. The van der Waals surface area contributed by atoms with Crippen LogP contribution in [-0.4, -0.2) is 14.9 Å². The van der Waals surface area contributed by atoms with Crippen molar-refractivity contribution < 1.29 is 9.50 Å². The topological polar surface area (TPSA) is 38.0 Å². The molecule has 0 spiro atoms. The minimum Gasteiger partial charge on any atom is -0.392 e. The molecule has 0 bridgehead atoms. The molecule has 1 N–H and O–H groups in total. The third-order valence-electron chi connectivity index (χ3n) is 2.50. The van der Waals surface area contributed by atoms with Gasteiger partial charge < -0.3 is 5.11 Å². The van der Waals surface area contributed by atoms with E-state index in [9.17, 15) is 4.39 Å². The first-order valence-corrected chi connectivity index (χ1v) is 5.18. The molecular formula is C12H13FN2O. The van der Waals surface area contributed by atoms with Gasteiger partial charge in [0.05, 0.1) is 6.61 Å². The molecule has 2 aromatic rings. The van der Waals surface area contributed by atoms with Crippen molar-refractivity contribution in [3.05, 3.63) is 47.5 Å². The lowest BCUT2D eigenvalue weighted by Gasteiger charge is -2.08. The highest BCUT2D eigenvalue weighted by molar-refractivity contribution is 5.38. The van der Waals surface area contributed by atoms with E-state index < -0.39 is 0 Å². The first kappa shape index (κ1) is 10.8. The number of hydrogen-bond donors (Lipinski definition) is 1. The number of halogens is 1. The molecular weight excluding hydrogens is 207 g/mol. The van der Waals surface area contributed by atoms with Crippen LogP contribution in [0.15, 0.2) is 30.5 Å². The van der Waals surface area contributed by atoms with Gasteiger partial charge in [-0.05, 0) is 30.2 Å². The van der Waals surface area contributed by atoms with Crippen molar-refractivity contribution in [1.29, 1.82) is 0 Å². The normalized spacial score (nSPS) is 10.7. The van der Waals surface area contributed by atoms with E-state index in [1.54, 1.807) is 23.0 Å². The third kappa shape index (κ3) is 1.84. The van der Waals surface area contributed by atoms with Crippen molar-refractivity contribution in [1.82, 2.24) is 9.78 Å². The molecule has 3 nitrogen and oxygen atoms in total. The van der Waals surface area contributed by atoms with E-state index in [1.165, 1.54) is 6.07 Å². The Kier molecular flexibility index (Phi) is 3.01. The number of benzene rings is 1. The number of aliphatic hydroxyl groups is 1. The molecule has 0 saturated carbocycles. The average Bonchev–Trinajstić information content (AvgIpc) is 2.77. The number of aryl methyl sites for hydroxylation is 1. The summed E-state index contributed by atoms with van der Waals surface area (Å²) in [4.78, 5) is 0. The van der Waals surface area contributed by atoms with Gasteiger partial charge in [-0.2, -0.15) is 5.10 Å². The predicted molar refractivity (Wildman–Crippen MR) is 58.8 cm³/mol. The first-order valence-electron chi connectivity index (χ1n) is 5.18. The summed E-state index contributed by atoms with van der Waals surface area (Å²) >= 11 is 0. The SMILES string of the molecule is CCc1ccnn1-c1cc(CO)ccc1F. The molecule has 1 heterocycles. The quantitative estimate of drug-likeness (QED) is 0.859. The van der Waals surface area contributed by atoms with Gasteiger partial charge in [0, 0.05) is 11.9 Å². The van der Waals surface area contributed by atoms with E-state index in [2.05, 4.69) is 5.10 Å². The fourth-order valence-electron chi connectivity index (χ4n) is 1.63. The molecule has 16 heavy (non-hydrogen) atoms. The van der Waals surface area contributed by atoms with Crippen LogP contribution in [0.25, 0.3) is 5.69 Å². The molecule has 84 valence electrons. The Labute approximate surface area is 93.2 Å². The lowest BCUT2D eigenvalue weighted by atomic mass is 10.2. The summed E-state index contributed by atoms with van der Waals surface area (Å²) in [6.07, 6.45) is 2.42. The Morgan fingerprint density at radius 1 is 1.38 bits per heavy atom. The first-order chi connectivity index (χ1) is 7.76. The highest BCUT2D eigenvalue weighted by Crippen LogP contribution is 2.17. The van der Waals surface area contributed by atoms with E-state index >= 15 is 0 Å².